The van der Waals surface area contributed by atoms with Crippen LogP contribution in [0.2, 0.25) is 0 Å². The van der Waals surface area contributed by atoms with Crippen molar-refractivity contribution in [3.05, 3.63) is 59.0 Å². The second-order valence-corrected chi connectivity index (χ2v) is 6.61. The van der Waals surface area contributed by atoms with Crippen LogP contribution in [-0.2, 0) is 4.79 Å². The predicted molar refractivity (Wildman–Crippen MR) is 102 cm³/mol. The van der Waals surface area contributed by atoms with Crippen LogP contribution in [-0.4, -0.2) is 35.3 Å². The Hall–Kier alpha value is -3.49. The van der Waals surface area contributed by atoms with Crippen molar-refractivity contribution in [2.75, 3.05) is 7.11 Å². The molecule has 0 saturated heterocycles. The molecule has 0 amide bonds. The van der Waals surface area contributed by atoms with E-state index in [1.807, 2.05) is 0 Å². The molecule has 0 saturated carbocycles. The van der Waals surface area contributed by atoms with Gasteiger partial charge in [0.15, 0.2) is 11.6 Å². The lowest BCUT2D eigenvalue weighted by molar-refractivity contribution is -0.138. The molecule has 0 fully saturated rings. The van der Waals surface area contributed by atoms with Gasteiger partial charge in [0.2, 0.25) is 0 Å². The molecule has 0 spiro atoms. The maximum Gasteiger partial charge on any atom is 0.387 e. The van der Waals surface area contributed by atoms with E-state index in [2.05, 4.69) is 4.74 Å². The molecule has 158 valence electrons. The number of carbonyl (C=O) groups excluding carboxylic acids is 1. The second-order valence-electron chi connectivity index (χ2n) is 6.61. The average Bonchev–Trinajstić information content (AvgIpc) is 2.96. The van der Waals surface area contributed by atoms with Gasteiger partial charge in [0.05, 0.1) is 18.5 Å². The molecule has 3 rings (SSSR count). The molecule has 30 heavy (non-hydrogen) atoms. The summed E-state index contributed by atoms with van der Waals surface area (Å²) in [7, 11) is 1.28. The monoisotopic (exact) mass is 421 g/mol. The first kappa shape index (κ1) is 21.2. The number of aliphatic carboxylic acids is 1. The lowest BCUT2D eigenvalue weighted by Gasteiger charge is -2.10. The predicted octanol–water partition coefficient (Wildman–Crippen LogP) is 4.58. The van der Waals surface area contributed by atoms with Crippen molar-refractivity contribution in [1.29, 1.82) is 0 Å². The van der Waals surface area contributed by atoms with Crippen LogP contribution in [0.25, 0.3) is 10.9 Å². The third-order valence-corrected chi connectivity index (χ3v) is 4.86. The van der Waals surface area contributed by atoms with Crippen molar-refractivity contribution in [2.24, 2.45) is 0 Å². The first-order chi connectivity index (χ1) is 14.1. The van der Waals surface area contributed by atoms with Gasteiger partial charge in [0, 0.05) is 22.7 Å². The first-order valence-electron chi connectivity index (χ1n) is 8.86. The summed E-state index contributed by atoms with van der Waals surface area (Å²) < 4.78 is 49.5. The number of methoxy groups -OCH3 is 1. The summed E-state index contributed by atoms with van der Waals surface area (Å²) in [6, 6.07) is 7.48. The minimum absolute atomic E-state index is 0.0839. The number of carboxylic acid groups (broad SMARTS) is 1. The van der Waals surface area contributed by atoms with Gasteiger partial charge >= 0.3 is 12.6 Å². The van der Waals surface area contributed by atoms with Gasteiger partial charge in [-0.25, -0.2) is 4.39 Å². The Morgan fingerprint density at radius 3 is 2.30 bits per heavy atom. The minimum atomic E-state index is -3.00. The van der Waals surface area contributed by atoms with E-state index in [1.54, 1.807) is 6.92 Å². The largest absolute Gasteiger partial charge is 0.494 e. The van der Waals surface area contributed by atoms with E-state index in [0.29, 0.717) is 16.6 Å². The van der Waals surface area contributed by atoms with Gasteiger partial charge in [0.25, 0.3) is 5.91 Å². The molecule has 2 aromatic carbocycles. The van der Waals surface area contributed by atoms with Gasteiger partial charge in [-0.1, -0.05) is 0 Å². The van der Waals surface area contributed by atoms with E-state index in [4.69, 9.17) is 4.74 Å². The van der Waals surface area contributed by atoms with Crippen molar-refractivity contribution >= 4 is 22.8 Å². The molecule has 1 unspecified atom stereocenters. The summed E-state index contributed by atoms with van der Waals surface area (Å²) in [6.07, 6.45) is 0. The Bertz CT molecular complexity index is 1120. The van der Waals surface area contributed by atoms with E-state index in [-0.39, 0.29) is 22.6 Å². The van der Waals surface area contributed by atoms with Crippen molar-refractivity contribution in [3.8, 4) is 11.5 Å². The number of alkyl halides is 2. The standard InChI is InChI=1S/C21H18F3NO5/c1-10(20(27)28)18-11(2)25(16-9-15(22)17(29-3)8-14(16)18)19(26)12-4-6-13(7-5-12)30-21(23)24/h4-10,21H,1-3H3,(H,27,28). The molecule has 1 N–H and O–H groups in total. The molecule has 9 heteroatoms. The lowest BCUT2D eigenvalue weighted by atomic mass is 9.98. The van der Waals surface area contributed by atoms with Gasteiger partial charge in [-0.3, -0.25) is 14.2 Å². The number of halogens is 3. The number of aromatic nitrogens is 1. The van der Waals surface area contributed by atoms with Gasteiger partial charge in [-0.05, 0) is 49.7 Å². The van der Waals surface area contributed by atoms with E-state index in [1.165, 1.54) is 48.9 Å². The molecule has 1 heterocycles. The fourth-order valence-electron chi connectivity index (χ4n) is 3.44. The third-order valence-electron chi connectivity index (χ3n) is 4.86. The van der Waals surface area contributed by atoms with Crippen LogP contribution in [0.5, 0.6) is 11.5 Å². The smallest absolute Gasteiger partial charge is 0.387 e. The maximum absolute atomic E-state index is 14.4. The quantitative estimate of drug-likeness (QED) is 0.631. The normalized spacial score (nSPS) is 12.2. The Morgan fingerprint density at radius 2 is 1.77 bits per heavy atom. The van der Waals surface area contributed by atoms with Gasteiger partial charge in [-0.15, -0.1) is 0 Å². The topological polar surface area (TPSA) is 77.8 Å². The van der Waals surface area contributed by atoms with Crippen LogP contribution in [0.1, 0.15) is 34.5 Å². The fraction of sp³-hybridized carbons (Fsp3) is 0.238. The number of benzene rings is 2. The molecule has 0 aliphatic carbocycles. The second kappa shape index (κ2) is 8.10. The zero-order valence-electron chi connectivity index (χ0n) is 16.3. The highest BCUT2D eigenvalue weighted by Crippen LogP contribution is 2.36. The minimum Gasteiger partial charge on any atom is -0.494 e. The van der Waals surface area contributed by atoms with Gasteiger partial charge in [-0.2, -0.15) is 8.78 Å². The summed E-state index contributed by atoms with van der Waals surface area (Å²) in [6.45, 7) is 0.0246. The number of hydrogen-bond acceptors (Lipinski definition) is 4. The Labute approximate surface area is 169 Å². The molecule has 6 nitrogen and oxygen atoms in total. The van der Waals surface area contributed by atoms with Gasteiger partial charge < -0.3 is 14.6 Å². The third kappa shape index (κ3) is 3.70. The van der Waals surface area contributed by atoms with Crippen LogP contribution in [0.15, 0.2) is 36.4 Å². The summed E-state index contributed by atoms with van der Waals surface area (Å²) >= 11 is 0. The molecule has 0 radical (unpaired) electrons. The number of fused-ring (bicyclic) bond motifs is 1. The highest BCUT2D eigenvalue weighted by molar-refractivity contribution is 6.05. The van der Waals surface area contributed by atoms with E-state index in [0.717, 1.165) is 6.07 Å². The van der Waals surface area contributed by atoms with Crippen molar-refractivity contribution < 1.29 is 37.3 Å². The summed E-state index contributed by atoms with van der Waals surface area (Å²) in [5.74, 6) is -3.58. The molecule has 0 bridgehead atoms. The summed E-state index contributed by atoms with van der Waals surface area (Å²) in [5.41, 5.74) is 0.974. The molecular weight excluding hydrogens is 403 g/mol. The number of nitrogens with zero attached hydrogens (tertiary/aromatic N) is 1. The molecule has 0 aliphatic heterocycles. The van der Waals surface area contributed by atoms with E-state index < -0.39 is 30.2 Å². The summed E-state index contributed by atoms with van der Waals surface area (Å²) in [4.78, 5) is 24.8. The van der Waals surface area contributed by atoms with E-state index >= 15 is 0 Å². The van der Waals surface area contributed by atoms with Crippen LogP contribution in [0, 0.1) is 12.7 Å². The van der Waals surface area contributed by atoms with Crippen LogP contribution in [0.3, 0.4) is 0 Å². The number of carbonyl (C=O) groups is 2. The molecule has 3 aromatic rings. The Kier molecular flexibility index (Phi) is 5.73. The Balaban J connectivity index is 2.19. The molecule has 0 aliphatic rings. The fourth-order valence-corrected chi connectivity index (χ4v) is 3.44. The molecule has 1 atom stereocenters. The zero-order chi connectivity index (χ0) is 22.2. The number of carboxylic acids is 1. The van der Waals surface area contributed by atoms with Crippen molar-refractivity contribution in [1.82, 2.24) is 4.57 Å². The zero-order valence-corrected chi connectivity index (χ0v) is 16.3. The maximum atomic E-state index is 14.4. The molecule has 1 aromatic heterocycles. The van der Waals surface area contributed by atoms with Crippen LogP contribution >= 0.6 is 0 Å². The van der Waals surface area contributed by atoms with Crippen LogP contribution in [0.4, 0.5) is 13.2 Å². The highest BCUT2D eigenvalue weighted by Gasteiger charge is 2.27. The van der Waals surface area contributed by atoms with Gasteiger partial charge in [0.1, 0.15) is 5.75 Å². The lowest BCUT2D eigenvalue weighted by Crippen LogP contribution is -2.15. The average molecular weight is 421 g/mol. The van der Waals surface area contributed by atoms with Crippen LogP contribution < -0.4 is 9.47 Å². The number of hydrogen-bond donors (Lipinski definition) is 1. The SMILES string of the molecule is COc1cc2c(C(C)C(=O)O)c(C)n(C(=O)c3ccc(OC(F)F)cc3)c2cc1F. The summed E-state index contributed by atoms with van der Waals surface area (Å²) in [5, 5.41) is 9.86. The first-order valence-corrected chi connectivity index (χ1v) is 8.86. The molecular formula is C21H18F3NO5. The van der Waals surface area contributed by atoms with E-state index in [9.17, 15) is 27.9 Å². The number of ether oxygens (including phenoxy) is 2. The number of rotatable bonds is 6. The van der Waals surface area contributed by atoms with Crippen molar-refractivity contribution in [2.45, 2.75) is 26.4 Å². The van der Waals surface area contributed by atoms with Crippen molar-refractivity contribution in [3.63, 3.8) is 0 Å². The highest BCUT2D eigenvalue weighted by atomic mass is 19.3. The Morgan fingerprint density at radius 1 is 1.13 bits per heavy atom.